The molecule has 0 bridgehead atoms. The first-order chi connectivity index (χ1) is 10.3. The van der Waals surface area contributed by atoms with Gasteiger partial charge in [-0.15, -0.1) is 0 Å². The molecule has 5 nitrogen and oxygen atoms in total. The summed E-state index contributed by atoms with van der Waals surface area (Å²) in [5.74, 6) is 4.77. The Bertz CT molecular complexity index is 546. The third-order valence-electron chi connectivity index (χ3n) is 4.22. The Morgan fingerprint density at radius 1 is 1.23 bits per heavy atom. The highest BCUT2D eigenvalue weighted by molar-refractivity contribution is 5.94. The van der Waals surface area contributed by atoms with Crippen LogP contribution >= 0.6 is 0 Å². The summed E-state index contributed by atoms with van der Waals surface area (Å²) in [4.78, 5) is 26.0. The zero-order valence-electron chi connectivity index (χ0n) is 13.6. The minimum absolute atomic E-state index is 0.0185. The van der Waals surface area contributed by atoms with Crippen LogP contribution in [0, 0.1) is 5.92 Å². The number of nitrogens with one attached hydrogen (secondary N) is 1. The first-order valence-corrected chi connectivity index (χ1v) is 7.73. The summed E-state index contributed by atoms with van der Waals surface area (Å²) < 4.78 is 0. The van der Waals surface area contributed by atoms with Crippen LogP contribution in [0.4, 0.5) is 0 Å². The molecule has 0 saturated carbocycles. The largest absolute Gasteiger partial charge is 0.338 e. The molecule has 1 heterocycles. The molecule has 1 fully saturated rings. The molecule has 2 rings (SSSR count). The van der Waals surface area contributed by atoms with Gasteiger partial charge in [0.25, 0.3) is 5.91 Å². The normalized spacial score (nSPS) is 18.9. The third kappa shape index (κ3) is 3.65. The maximum absolute atomic E-state index is 12.6. The predicted molar refractivity (Wildman–Crippen MR) is 86.1 cm³/mol. The Morgan fingerprint density at radius 3 is 2.41 bits per heavy atom. The van der Waals surface area contributed by atoms with Crippen LogP contribution in [0.3, 0.4) is 0 Å². The van der Waals surface area contributed by atoms with Gasteiger partial charge in [-0.05, 0) is 36.0 Å². The van der Waals surface area contributed by atoms with Gasteiger partial charge < -0.3 is 4.90 Å². The molecule has 0 aromatic heterocycles. The minimum Gasteiger partial charge on any atom is -0.338 e. The third-order valence-corrected chi connectivity index (χ3v) is 4.22. The highest BCUT2D eigenvalue weighted by atomic mass is 16.2. The summed E-state index contributed by atoms with van der Waals surface area (Å²) in [6.45, 7) is 7.55. The van der Waals surface area contributed by atoms with Gasteiger partial charge in [-0.1, -0.05) is 32.9 Å². The van der Waals surface area contributed by atoms with Gasteiger partial charge in [-0.2, -0.15) is 0 Å². The molecule has 22 heavy (non-hydrogen) atoms. The van der Waals surface area contributed by atoms with Crippen molar-refractivity contribution in [2.24, 2.45) is 11.8 Å². The second kappa shape index (κ2) is 6.48. The lowest BCUT2D eigenvalue weighted by Gasteiger charge is -2.32. The number of hydrogen-bond acceptors (Lipinski definition) is 3. The Balaban J connectivity index is 2.09. The number of piperidine rings is 1. The van der Waals surface area contributed by atoms with Gasteiger partial charge in [0.1, 0.15) is 0 Å². The molecule has 1 atom stereocenters. The molecule has 2 amide bonds. The number of likely N-dealkylation sites (tertiary alicyclic amines) is 1. The molecule has 3 N–H and O–H groups in total. The average Bonchev–Trinajstić information content (AvgIpc) is 2.53. The summed E-state index contributed by atoms with van der Waals surface area (Å²) in [7, 11) is 0. The molecule has 1 aliphatic rings. The van der Waals surface area contributed by atoms with Crippen molar-refractivity contribution < 1.29 is 9.59 Å². The Morgan fingerprint density at radius 2 is 1.86 bits per heavy atom. The number of amides is 2. The lowest BCUT2D eigenvalue weighted by molar-refractivity contribution is -0.126. The van der Waals surface area contributed by atoms with Crippen molar-refractivity contribution in [2.75, 3.05) is 13.1 Å². The molecule has 5 heteroatoms. The molecule has 120 valence electrons. The van der Waals surface area contributed by atoms with Crippen molar-refractivity contribution in [2.45, 2.75) is 39.0 Å². The molecule has 0 spiro atoms. The first kappa shape index (κ1) is 16.5. The molecule has 1 saturated heterocycles. The van der Waals surface area contributed by atoms with E-state index in [0.29, 0.717) is 18.7 Å². The molecular formula is C17H25N3O2. The number of benzene rings is 1. The first-order valence-electron chi connectivity index (χ1n) is 7.73. The maximum Gasteiger partial charge on any atom is 0.253 e. The summed E-state index contributed by atoms with van der Waals surface area (Å²) in [5.41, 5.74) is 4.11. The van der Waals surface area contributed by atoms with Gasteiger partial charge in [0.2, 0.25) is 5.91 Å². The van der Waals surface area contributed by atoms with E-state index in [-0.39, 0.29) is 23.1 Å². The van der Waals surface area contributed by atoms with Crippen LogP contribution in [0.1, 0.15) is 49.5 Å². The minimum atomic E-state index is -0.212. The van der Waals surface area contributed by atoms with E-state index >= 15 is 0 Å². The molecular weight excluding hydrogens is 278 g/mol. The zero-order chi connectivity index (χ0) is 16.3. The zero-order valence-corrected chi connectivity index (χ0v) is 13.6. The second-order valence-corrected chi connectivity index (χ2v) is 6.93. The highest BCUT2D eigenvalue weighted by Crippen LogP contribution is 2.23. The van der Waals surface area contributed by atoms with Crippen molar-refractivity contribution >= 4 is 11.8 Å². The molecule has 1 aromatic rings. The summed E-state index contributed by atoms with van der Waals surface area (Å²) in [6.07, 6.45) is 1.60. The molecule has 1 unspecified atom stereocenters. The van der Waals surface area contributed by atoms with Crippen LogP contribution in [-0.2, 0) is 10.2 Å². The lowest BCUT2D eigenvalue weighted by atomic mass is 9.86. The van der Waals surface area contributed by atoms with E-state index in [0.717, 1.165) is 12.8 Å². The Kier molecular flexibility index (Phi) is 4.86. The molecule has 1 aliphatic heterocycles. The van der Waals surface area contributed by atoms with Crippen LogP contribution in [0.15, 0.2) is 24.3 Å². The number of nitrogens with zero attached hydrogens (tertiary/aromatic N) is 1. The Labute approximate surface area is 131 Å². The highest BCUT2D eigenvalue weighted by Gasteiger charge is 2.28. The fourth-order valence-electron chi connectivity index (χ4n) is 2.79. The molecule has 1 aromatic carbocycles. The van der Waals surface area contributed by atoms with Crippen molar-refractivity contribution in [3.63, 3.8) is 0 Å². The lowest BCUT2D eigenvalue weighted by Crippen LogP contribution is -2.47. The van der Waals surface area contributed by atoms with E-state index in [1.54, 1.807) is 4.90 Å². The van der Waals surface area contributed by atoms with Crippen molar-refractivity contribution in [1.29, 1.82) is 0 Å². The molecule has 0 radical (unpaired) electrons. The van der Waals surface area contributed by atoms with Crippen LogP contribution < -0.4 is 11.3 Å². The van der Waals surface area contributed by atoms with E-state index in [9.17, 15) is 9.59 Å². The van der Waals surface area contributed by atoms with Gasteiger partial charge in [0.15, 0.2) is 0 Å². The van der Waals surface area contributed by atoms with E-state index in [4.69, 9.17) is 5.84 Å². The van der Waals surface area contributed by atoms with Gasteiger partial charge in [0.05, 0.1) is 5.92 Å². The van der Waals surface area contributed by atoms with Gasteiger partial charge in [-0.25, -0.2) is 5.84 Å². The fourth-order valence-corrected chi connectivity index (χ4v) is 2.79. The average molecular weight is 303 g/mol. The maximum atomic E-state index is 12.6. The van der Waals surface area contributed by atoms with E-state index in [2.05, 4.69) is 26.2 Å². The van der Waals surface area contributed by atoms with Gasteiger partial charge in [0, 0.05) is 18.7 Å². The standard InChI is InChI=1S/C17H25N3O2/c1-17(2,3)14-8-6-12(7-9-14)16(22)20-10-4-5-13(11-20)15(21)19-18/h6-9,13H,4-5,10-11,18H2,1-3H3,(H,19,21). The number of rotatable bonds is 2. The van der Waals surface area contributed by atoms with Gasteiger partial charge >= 0.3 is 0 Å². The van der Waals surface area contributed by atoms with Crippen LogP contribution in [-0.4, -0.2) is 29.8 Å². The smallest absolute Gasteiger partial charge is 0.253 e. The summed E-state index contributed by atoms with van der Waals surface area (Å²) in [6, 6.07) is 7.74. The van der Waals surface area contributed by atoms with Crippen LogP contribution in [0.5, 0.6) is 0 Å². The topological polar surface area (TPSA) is 75.4 Å². The quantitative estimate of drug-likeness (QED) is 0.497. The second-order valence-electron chi connectivity index (χ2n) is 6.93. The SMILES string of the molecule is CC(C)(C)c1ccc(C(=O)N2CCCC(C(=O)NN)C2)cc1. The number of hydrogen-bond donors (Lipinski definition) is 2. The number of carbonyl (C=O) groups excluding carboxylic acids is 2. The summed E-state index contributed by atoms with van der Waals surface area (Å²) >= 11 is 0. The van der Waals surface area contributed by atoms with Crippen LogP contribution in [0.25, 0.3) is 0 Å². The Hall–Kier alpha value is -1.88. The van der Waals surface area contributed by atoms with E-state index in [1.165, 1.54) is 5.56 Å². The molecule has 0 aliphatic carbocycles. The monoisotopic (exact) mass is 303 g/mol. The van der Waals surface area contributed by atoms with E-state index in [1.807, 2.05) is 24.3 Å². The predicted octanol–water partition coefficient (Wildman–Crippen LogP) is 1.83. The van der Waals surface area contributed by atoms with Crippen molar-refractivity contribution in [3.05, 3.63) is 35.4 Å². The number of hydrazine groups is 1. The van der Waals surface area contributed by atoms with Crippen molar-refractivity contribution in [1.82, 2.24) is 10.3 Å². The van der Waals surface area contributed by atoms with Crippen LogP contribution in [0.2, 0.25) is 0 Å². The van der Waals surface area contributed by atoms with E-state index < -0.39 is 0 Å². The van der Waals surface area contributed by atoms with Crippen molar-refractivity contribution in [3.8, 4) is 0 Å². The number of nitrogens with two attached hydrogens (primary N) is 1. The summed E-state index contributed by atoms with van der Waals surface area (Å²) in [5, 5.41) is 0. The fraction of sp³-hybridized carbons (Fsp3) is 0.529. The van der Waals surface area contributed by atoms with Gasteiger partial charge in [-0.3, -0.25) is 15.0 Å². The number of carbonyl (C=O) groups is 2.